The number of hydrogen-bond donors (Lipinski definition) is 1. The van der Waals surface area contributed by atoms with Crippen LogP contribution in [0.2, 0.25) is 0 Å². The topological polar surface area (TPSA) is 71.0 Å². The number of carbonyl (C=O) groups excluding carboxylic acids is 1. The van der Waals surface area contributed by atoms with Crippen molar-refractivity contribution < 1.29 is 4.79 Å². The normalized spacial score (nSPS) is 16.0. The van der Waals surface area contributed by atoms with E-state index >= 15 is 0 Å². The summed E-state index contributed by atoms with van der Waals surface area (Å²) in [4.78, 5) is 27.2. The van der Waals surface area contributed by atoms with Gasteiger partial charge >= 0.3 is 5.69 Å². The lowest BCUT2D eigenvalue weighted by atomic mass is 9.93. The van der Waals surface area contributed by atoms with Crippen molar-refractivity contribution >= 4 is 5.91 Å². The number of likely N-dealkylation sites (tertiary alicyclic amines) is 1. The van der Waals surface area contributed by atoms with Crippen LogP contribution in [0.4, 0.5) is 0 Å². The van der Waals surface area contributed by atoms with E-state index in [4.69, 9.17) is 0 Å². The van der Waals surface area contributed by atoms with Gasteiger partial charge in [0.05, 0.1) is 11.6 Å². The Morgan fingerprint density at radius 2 is 1.72 bits per heavy atom. The summed E-state index contributed by atoms with van der Waals surface area (Å²) in [5, 5.41) is 6.91. The molecule has 1 saturated heterocycles. The van der Waals surface area contributed by atoms with Gasteiger partial charge < -0.3 is 4.90 Å². The molecule has 0 bridgehead atoms. The molecular formula is C23H26N4O2. The first-order valence-electron chi connectivity index (χ1n) is 10.1. The second-order valence-corrected chi connectivity index (χ2v) is 7.79. The number of carbonyl (C=O) groups is 1. The predicted molar refractivity (Wildman–Crippen MR) is 112 cm³/mol. The molecule has 0 spiro atoms. The molecular weight excluding hydrogens is 364 g/mol. The molecule has 1 atom stereocenters. The molecule has 29 heavy (non-hydrogen) atoms. The number of nitrogens with one attached hydrogen (secondary N) is 1. The second-order valence-electron chi connectivity index (χ2n) is 7.79. The van der Waals surface area contributed by atoms with Crippen molar-refractivity contribution in [3.63, 3.8) is 0 Å². The van der Waals surface area contributed by atoms with E-state index in [0.717, 1.165) is 35.5 Å². The molecule has 1 aliphatic heterocycles. The number of aromatic nitrogens is 3. The van der Waals surface area contributed by atoms with Crippen molar-refractivity contribution in [2.45, 2.75) is 38.5 Å². The number of H-pyrrole nitrogens is 1. The van der Waals surface area contributed by atoms with E-state index in [1.165, 1.54) is 0 Å². The van der Waals surface area contributed by atoms with Gasteiger partial charge in [0, 0.05) is 19.0 Å². The van der Waals surface area contributed by atoms with Crippen molar-refractivity contribution in [1.82, 2.24) is 19.7 Å². The third-order valence-corrected chi connectivity index (χ3v) is 5.83. The van der Waals surface area contributed by atoms with Gasteiger partial charge in [0.25, 0.3) is 0 Å². The van der Waals surface area contributed by atoms with E-state index in [0.29, 0.717) is 13.1 Å². The number of benzene rings is 2. The molecule has 1 N–H and O–H groups in total. The van der Waals surface area contributed by atoms with Crippen LogP contribution in [-0.4, -0.2) is 38.7 Å². The van der Waals surface area contributed by atoms with Crippen LogP contribution in [0.15, 0.2) is 59.4 Å². The van der Waals surface area contributed by atoms with Crippen molar-refractivity contribution in [3.8, 4) is 5.69 Å². The number of amides is 1. The molecule has 150 valence electrons. The summed E-state index contributed by atoms with van der Waals surface area (Å²) in [5.74, 6) is 0.907. The van der Waals surface area contributed by atoms with Crippen LogP contribution in [0.25, 0.3) is 5.69 Å². The average Bonchev–Trinajstić information content (AvgIpc) is 3.15. The number of aryl methyl sites for hydroxylation is 1. The number of piperidine rings is 1. The van der Waals surface area contributed by atoms with E-state index in [2.05, 4.69) is 10.2 Å². The van der Waals surface area contributed by atoms with E-state index < -0.39 is 0 Å². The van der Waals surface area contributed by atoms with Gasteiger partial charge in [-0.3, -0.25) is 4.79 Å². The van der Waals surface area contributed by atoms with Crippen molar-refractivity contribution in [3.05, 3.63) is 82.0 Å². The van der Waals surface area contributed by atoms with Crippen LogP contribution in [0.5, 0.6) is 0 Å². The number of nitrogens with zero attached hydrogens (tertiary/aromatic N) is 3. The fourth-order valence-corrected chi connectivity index (χ4v) is 4.04. The quantitative estimate of drug-likeness (QED) is 0.742. The lowest BCUT2D eigenvalue weighted by molar-refractivity contribution is -0.133. The van der Waals surface area contributed by atoms with Gasteiger partial charge in [0.1, 0.15) is 5.82 Å². The van der Waals surface area contributed by atoms with Crippen LogP contribution in [0.1, 0.15) is 48.6 Å². The largest absolute Gasteiger partial charge is 0.347 e. The molecule has 2 aromatic carbocycles. The SMILES string of the molecule is Cc1ccc(-n2c(C3CCN(C(=O)[C@@H](C)c4ccccc4)CC3)n[nH]c2=O)cc1. The Bertz CT molecular complexity index is 1030. The molecule has 3 aromatic rings. The molecule has 1 amide bonds. The highest BCUT2D eigenvalue weighted by Crippen LogP contribution is 2.29. The highest BCUT2D eigenvalue weighted by Gasteiger charge is 2.30. The molecule has 1 fully saturated rings. The Morgan fingerprint density at radius 1 is 1.07 bits per heavy atom. The van der Waals surface area contributed by atoms with Gasteiger partial charge in [-0.1, -0.05) is 48.0 Å². The van der Waals surface area contributed by atoms with E-state index in [9.17, 15) is 9.59 Å². The zero-order chi connectivity index (χ0) is 20.4. The molecule has 1 aromatic heterocycles. The minimum absolute atomic E-state index is 0.145. The molecule has 0 unspecified atom stereocenters. The van der Waals surface area contributed by atoms with Crippen LogP contribution in [0.3, 0.4) is 0 Å². The molecule has 0 radical (unpaired) electrons. The summed E-state index contributed by atoms with van der Waals surface area (Å²) in [7, 11) is 0. The summed E-state index contributed by atoms with van der Waals surface area (Å²) in [5.41, 5.74) is 2.78. The molecule has 0 saturated carbocycles. The molecule has 6 nitrogen and oxygen atoms in total. The molecule has 6 heteroatoms. The van der Waals surface area contributed by atoms with E-state index in [1.54, 1.807) is 4.57 Å². The van der Waals surface area contributed by atoms with Gasteiger partial charge in [-0.25, -0.2) is 14.5 Å². The third kappa shape index (κ3) is 3.88. The molecule has 0 aliphatic carbocycles. The number of rotatable bonds is 4. The Labute approximate surface area is 170 Å². The summed E-state index contributed by atoms with van der Waals surface area (Å²) < 4.78 is 1.66. The van der Waals surface area contributed by atoms with Crippen LogP contribution >= 0.6 is 0 Å². The number of hydrogen-bond acceptors (Lipinski definition) is 3. The van der Waals surface area contributed by atoms with Gasteiger partial charge in [0.15, 0.2) is 0 Å². The smallest absolute Gasteiger partial charge is 0.342 e. The summed E-state index contributed by atoms with van der Waals surface area (Å²) in [6.07, 6.45) is 1.59. The zero-order valence-electron chi connectivity index (χ0n) is 16.8. The summed E-state index contributed by atoms with van der Waals surface area (Å²) in [6.45, 7) is 5.34. The maximum Gasteiger partial charge on any atom is 0.347 e. The fraction of sp³-hybridized carbons (Fsp3) is 0.348. The predicted octanol–water partition coefficient (Wildman–Crippen LogP) is 3.38. The Balaban J connectivity index is 1.47. The number of aromatic amines is 1. The molecule has 1 aliphatic rings. The first-order valence-corrected chi connectivity index (χ1v) is 10.1. The fourth-order valence-electron chi connectivity index (χ4n) is 4.04. The van der Waals surface area contributed by atoms with Gasteiger partial charge in [-0.15, -0.1) is 0 Å². The van der Waals surface area contributed by atoms with Gasteiger partial charge in [-0.2, -0.15) is 5.10 Å². The Morgan fingerprint density at radius 3 is 2.38 bits per heavy atom. The van der Waals surface area contributed by atoms with Gasteiger partial charge in [-0.05, 0) is 44.4 Å². The average molecular weight is 390 g/mol. The highest BCUT2D eigenvalue weighted by molar-refractivity contribution is 5.83. The second kappa shape index (κ2) is 8.07. The Kier molecular flexibility index (Phi) is 5.34. The highest BCUT2D eigenvalue weighted by atomic mass is 16.2. The van der Waals surface area contributed by atoms with Crippen molar-refractivity contribution in [1.29, 1.82) is 0 Å². The maximum atomic E-state index is 12.9. The van der Waals surface area contributed by atoms with E-state index in [1.807, 2.05) is 73.3 Å². The lowest BCUT2D eigenvalue weighted by Gasteiger charge is -2.33. The third-order valence-electron chi connectivity index (χ3n) is 5.83. The minimum atomic E-state index is -0.222. The van der Waals surface area contributed by atoms with Crippen LogP contribution < -0.4 is 5.69 Å². The van der Waals surface area contributed by atoms with E-state index in [-0.39, 0.29) is 23.4 Å². The van der Waals surface area contributed by atoms with Crippen molar-refractivity contribution in [2.75, 3.05) is 13.1 Å². The summed E-state index contributed by atoms with van der Waals surface area (Å²) in [6, 6.07) is 17.8. The lowest BCUT2D eigenvalue weighted by Crippen LogP contribution is -2.40. The van der Waals surface area contributed by atoms with Crippen LogP contribution in [0, 0.1) is 6.92 Å². The maximum absolute atomic E-state index is 12.9. The van der Waals surface area contributed by atoms with Gasteiger partial charge in [0.2, 0.25) is 5.91 Å². The standard InChI is InChI=1S/C23H26N4O2/c1-16-8-10-20(11-9-16)27-21(24-25-23(27)29)19-12-14-26(15-13-19)22(28)17(2)18-6-4-3-5-7-18/h3-11,17,19H,12-15H2,1-2H3,(H,25,29)/t17-/m0/s1. The summed E-state index contributed by atoms with van der Waals surface area (Å²) >= 11 is 0. The monoisotopic (exact) mass is 390 g/mol. The molecule has 4 rings (SSSR count). The minimum Gasteiger partial charge on any atom is -0.342 e. The molecule has 2 heterocycles. The first-order chi connectivity index (χ1) is 14.0. The first kappa shape index (κ1) is 19.2. The Hall–Kier alpha value is -3.15. The van der Waals surface area contributed by atoms with Crippen LogP contribution in [-0.2, 0) is 4.79 Å². The zero-order valence-corrected chi connectivity index (χ0v) is 16.8. The van der Waals surface area contributed by atoms with Crippen molar-refractivity contribution in [2.24, 2.45) is 0 Å².